The Labute approximate surface area is 88.2 Å². The Kier molecular flexibility index (Phi) is 10.9. The third kappa shape index (κ3) is 10.9. The van der Waals surface area contributed by atoms with Crippen LogP contribution in [-0.4, -0.2) is 5.78 Å². The molecule has 1 nitrogen and oxygen atoms in total. The molecule has 0 aromatic heterocycles. The number of hydrogen-bond donors (Lipinski definition) is 0. The van der Waals surface area contributed by atoms with Crippen molar-refractivity contribution in [3.63, 3.8) is 0 Å². The monoisotopic (exact) mass is 194 g/mol. The second kappa shape index (κ2) is 9.97. The molecule has 0 radical (unpaired) electrons. The molecule has 0 bridgehead atoms. The average Bonchev–Trinajstić information content (AvgIpc) is 2.14. The molecule has 0 N–H and O–H groups in total. The molecule has 0 amide bonds. The fraction of sp³-hybridized carbons (Fsp3) is 0.462. The molecule has 14 heavy (non-hydrogen) atoms. The normalized spacial score (nSPS) is 9.86. The summed E-state index contributed by atoms with van der Waals surface area (Å²) in [4.78, 5) is 9.81. The van der Waals surface area contributed by atoms with Crippen LogP contribution in [0.5, 0.6) is 0 Å². The summed E-state index contributed by atoms with van der Waals surface area (Å²) in [7, 11) is 0. The van der Waals surface area contributed by atoms with Crippen LogP contribution >= 0.6 is 0 Å². The van der Waals surface area contributed by atoms with E-state index in [1.807, 2.05) is 19.9 Å². The first-order valence-electron chi connectivity index (χ1n) is 4.96. The van der Waals surface area contributed by atoms with Gasteiger partial charge in [-0.3, -0.25) is 0 Å². The van der Waals surface area contributed by atoms with Gasteiger partial charge in [-0.25, -0.2) is 0 Å². The van der Waals surface area contributed by atoms with Gasteiger partial charge in [-0.1, -0.05) is 44.7 Å². The highest BCUT2D eigenvalue weighted by molar-refractivity contribution is 5.74. The van der Waals surface area contributed by atoms with E-state index in [0.29, 0.717) is 6.42 Å². The summed E-state index contributed by atoms with van der Waals surface area (Å²) in [6, 6.07) is 0. The minimum Gasteiger partial charge on any atom is -0.300 e. The first-order chi connectivity index (χ1) is 6.49. The Morgan fingerprint density at radius 2 is 1.64 bits per heavy atom. The van der Waals surface area contributed by atoms with Crippen LogP contribution in [-0.2, 0) is 4.79 Å². The van der Waals surface area contributed by atoms with Crippen molar-refractivity contribution < 1.29 is 4.79 Å². The van der Waals surface area contributed by atoms with E-state index < -0.39 is 0 Å². The van der Waals surface area contributed by atoms with Crippen LogP contribution in [0, 0.1) is 0 Å². The van der Waals surface area contributed by atoms with Crippen LogP contribution in [0.25, 0.3) is 0 Å². The van der Waals surface area contributed by atoms with Crippen molar-refractivity contribution in [2.24, 2.45) is 0 Å². The maximum Gasteiger partial charge on any atom is 0.129 e. The highest BCUT2D eigenvalue weighted by atomic mass is 16.1. The molecular formula is C13H22O. The second-order valence-electron chi connectivity index (χ2n) is 3.12. The van der Waals surface area contributed by atoms with E-state index in [9.17, 15) is 4.79 Å². The Bertz CT molecular complexity index is 221. The predicted molar refractivity (Wildman–Crippen MR) is 64.4 cm³/mol. The number of rotatable bonds is 4. The number of carbonyl (C=O) groups excluding carboxylic acids is 1. The van der Waals surface area contributed by atoms with Crippen molar-refractivity contribution in [2.45, 2.75) is 40.5 Å². The molecule has 0 rings (SSSR count). The Balaban J connectivity index is 0. The molecule has 0 heterocycles. The Morgan fingerprint density at radius 3 is 1.71 bits per heavy atom. The van der Waals surface area contributed by atoms with Crippen LogP contribution in [0.4, 0.5) is 0 Å². The van der Waals surface area contributed by atoms with E-state index in [1.54, 1.807) is 13.0 Å². The topological polar surface area (TPSA) is 17.1 Å². The fourth-order valence-corrected chi connectivity index (χ4v) is 0.704. The summed E-state index contributed by atoms with van der Waals surface area (Å²) in [6.07, 6.45) is 5.51. The predicted octanol–water partition coefficient (Wildman–Crippen LogP) is 4.07. The van der Waals surface area contributed by atoms with Gasteiger partial charge in [0.05, 0.1) is 0 Å². The lowest BCUT2D eigenvalue weighted by molar-refractivity contribution is -0.116. The standard InChI is InChI=1S/C9H14.C4H8O/c1-5-7-9(6-2)8(3)4;1-3-4(2)5/h5,7H,1,3,6H2,2,4H3;3H2,1-2H3/b9-7-;. The molecule has 0 aliphatic carbocycles. The van der Waals surface area contributed by atoms with Gasteiger partial charge in [-0.15, -0.1) is 0 Å². The molecule has 0 atom stereocenters. The lowest BCUT2D eigenvalue weighted by Gasteiger charge is -1.99. The van der Waals surface area contributed by atoms with Crippen molar-refractivity contribution >= 4 is 5.78 Å². The van der Waals surface area contributed by atoms with E-state index in [-0.39, 0.29) is 5.78 Å². The van der Waals surface area contributed by atoms with E-state index in [1.165, 1.54) is 5.57 Å². The molecule has 0 fully saturated rings. The zero-order valence-corrected chi connectivity index (χ0v) is 9.89. The Morgan fingerprint density at radius 1 is 1.21 bits per heavy atom. The summed E-state index contributed by atoms with van der Waals surface area (Å²) in [5, 5.41) is 0. The molecule has 0 aromatic carbocycles. The quantitative estimate of drug-likeness (QED) is 0.616. The molecule has 0 unspecified atom stereocenters. The van der Waals surface area contributed by atoms with Crippen LogP contribution in [0.3, 0.4) is 0 Å². The van der Waals surface area contributed by atoms with Gasteiger partial charge in [0.1, 0.15) is 5.78 Å². The molecule has 0 saturated carbocycles. The Hall–Kier alpha value is -1.11. The van der Waals surface area contributed by atoms with Gasteiger partial charge in [0.15, 0.2) is 0 Å². The van der Waals surface area contributed by atoms with Crippen molar-refractivity contribution in [3.05, 3.63) is 36.5 Å². The minimum absolute atomic E-state index is 0.255. The summed E-state index contributed by atoms with van der Waals surface area (Å²) in [5.41, 5.74) is 2.42. The first-order valence-corrected chi connectivity index (χ1v) is 4.96. The highest BCUT2D eigenvalue weighted by Gasteiger charge is 1.89. The minimum atomic E-state index is 0.255. The van der Waals surface area contributed by atoms with Crippen molar-refractivity contribution in [1.82, 2.24) is 0 Å². The van der Waals surface area contributed by atoms with E-state index in [2.05, 4.69) is 20.1 Å². The summed E-state index contributed by atoms with van der Waals surface area (Å²) >= 11 is 0. The number of hydrogen-bond acceptors (Lipinski definition) is 1. The third-order valence-corrected chi connectivity index (χ3v) is 1.75. The van der Waals surface area contributed by atoms with Crippen LogP contribution in [0.2, 0.25) is 0 Å². The van der Waals surface area contributed by atoms with E-state index in [0.717, 1.165) is 12.0 Å². The van der Waals surface area contributed by atoms with Gasteiger partial charge in [-0.05, 0) is 25.8 Å². The highest BCUT2D eigenvalue weighted by Crippen LogP contribution is 2.09. The molecule has 0 saturated heterocycles. The van der Waals surface area contributed by atoms with Gasteiger partial charge in [-0.2, -0.15) is 0 Å². The molecule has 0 spiro atoms. The largest absolute Gasteiger partial charge is 0.300 e. The summed E-state index contributed by atoms with van der Waals surface area (Å²) in [6.45, 7) is 15.0. The van der Waals surface area contributed by atoms with E-state index in [4.69, 9.17) is 0 Å². The van der Waals surface area contributed by atoms with Crippen LogP contribution < -0.4 is 0 Å². The maximum absolute atomic E-state index is 9.81. The van der Waals surface area contributed by atoms with E-state index >= 15 is 0 Å². The maximum atomic E-state index is 9.81. The van der Waals surface area contributed by atoms with Crippen LogP contribution in [0.15, 0.2) is 36.5 Å². The molecule has 1 heteroatoms. The molecular weight excluding hydrogens is 172 g/mol. The number of carbonyl (C=O) groups is 1. The number of Topliss-reactive ketones (excluding diaryl/α,β-unsaturated/α-hetero) is 1. The molecule has 80 valence electrons. The summed E-state index contributed by atoms with van der Waals surface area (Å²) in [5.74, 6) is 0.255. The molecule has 0 aliphatic rings. The summed E-state index contributed by atoms with van der Waals surface area (Å²) < 4.78 is 0. The smallest absolute Gasteiger partial charge is 0.129 e. The third-order valence-electron chi connectivity index (χ3n) is 1.75. The fourth-order valence-electron chi connectivity index (χ4n) is 0.704. The van der Waals surface area contributed by atoms with Gasteiger partial charge in [0.2, 0.25) is 0 Å². The lowest BCUT2D eigenvalue weighted by Crippen LogP contribution is -1.80. The zero-order chi connectivity index (χ0) is 11.6. The second-order valence-corrected chi connectivity index (χ2v) is 3.12. The average molecular weight is 194 g/mol. The van der Waals surface area contributed by atoms with Gasteiger partial charge < -0.3 is 4.79 Å². The van der Waals surface area contributed by atoms with Crippen molar-refractivity contribution in [2.75, 3.05) is 0 Å². The van der Waals surface area contributed by atoms with Crippen molar-refractivity contribution in [1.29, 1.82) is 0 Å². The zero-order valence-electron chi connectivity index (χ0n) is 9.89. The van der Waals surface area contributed by atoms with Gasteiger partial charge >= 0.3 is 0 Å². The van der Waals surface area contributed by atoms with Gasteiger partial charge in [0, 0.05) is 6.42 Å². The molecule has 0 aromatic rings. The lowest BCUT2D eigenvalue weighted by atomic mass is 10.1. The number of allylic oxidation sites excluding steroid dienone is 4. The van der Waals surface area contributed by atoms with Gasteiger partial charge in [0.25, 0.3) is 0 Å². The number of ketones is 1. The SMILES string of the molecule is C=C/C=C(/CC)C(=C)C.CCC(C)=O. The van der Waals surface area contributed by atoms with Crippen LogP contribution in [0.1, 0.15) is 40.5 Å². The first kappa shape index (κ1) is 15.4. The molecule has 0 aliphatic heterocycles. The van der Waals surface area contributed by atoms with Crippen molar-refractivity contribution in [3.8, 4) is 0 Å².